The Labute approximate surface area is 106 Å². The Hall–Kier alpha value is -0.120. The highest BCUT2D eigenvalue weighted by Gasteiger charge is 2.41. The first-order valence-corrected chi connectivity index (χ1v) is 7.13. The molecule has 0 amide bonds. The van der Waals surface area contributed by atoms with Gasteiger partial charge >= 0.3 is 0 Å². The summed E-state index contributed by atoms with van der Waals surface area (Å²) in [5, 5.41) is 3.56. The third kappa shape index (κ3) is 4.23. The van der Waals surface area contributed by atoms with E-state index >= 15 is 0 Å². The van der Waals surface area contributed by atoms with Crippen LogP contribution in [0.15, 0.2) is 0 Å². The van der Waals surface area contributed by atoms with Crippen LogP contribution in [0.4, 0.5) is 0 Å². The monoisotopic (exact) mass is 243 g/mol. The van der Waals surface area contributed by atoms with Gasteiger partial charge in [0.15, 0.2) is 0 Å². The molecule has 17 heavy (non-hydrogen) atoms. The van der Waals surface area contributed by atoms with Crippen molar-refractivity contribution in [3.63, 3.8) is 0 Å². The van der Waals surface area contributed by atoms with Crippen LogP contribution in [0.1, 0.15) is 53.4 Å². The minimum Gasteiger partial charge on any atom is -0.377 e. The molecule has 1 fully saturated rings. The van der Waals surface area contributed by atoms with Crippen molar-refractivity contribution >= 4 is 0 Å². The first-order valence-electron chi connectivity index (χ1n) is 7.13. The van der Waals surface area contributed by atoms with Crippen molar-refractivity contribution < 1.29 is 9.47 Å². The lowest BCUT2D eigenvalue weighted by Gasteiger charge is -2.38. The predicted molar refractivity (Wildman–Crippen MR) is 71.4 cm³/mol. The zero-order valence-corrected chi connectivity index (χ0v) is 11.9. The Balaban J connectivity index is 2.63. The van der Waals surface area contributed by atoms with E-state index in [1.54, 1.807) is 0 Å². The molecular weight excluding hydrogens is 214 g/mol. The molecule has 1 saturated carbocycles. The second kappa shape index (κ2) is 7.34. The number of nitrogens with one attached hydrogen (secondary N) is 1. The summed E-state index contributed by atoms with van der Waals surface area (Å²) < 4.78 is 11.9. The molecule has 0 aliphatic heterocycles. The van der Waals surface area contributed by atoms with E-state index in [-0.39, 0.29) is 11.7 Å². The predicted octanol–water partition coefficient (Wildman–Crippen LogP) is 2.74. The van der Waals surface area contributed by atoms with Crippen LogP contribution in [0.5, 0.6) is 0 Å². The Bertz CT molecular complexity index is 200. The normalized spacial score (nSPS) is 21.0. The summed E-state index contributed by atoms with van der Waals surface area (Å²) in [6.45, 7) is 10.9. The van der Waals surface area contributed by atoms with Crippen LogP contribution in [-0.2, 0) is 9.47 Å². The van der Waals surface area contributed by atoms with Crippen LogP contribution in [0.25, 0.3) is 0 Å². The summed E-state index contributed by atoms with van der Waals surface area (Å²) in [6, 6.07) is 0.331. The summed E-state index contributed by atoms with van der Waals surface area (Å²) in [5.41, 5.74) is 0.0135. The molecule has 0 aromatic carbocycles. The van der Waals surface area contributed by atoms with Gasteiger partial charge in [0.2, 0.25) is 0 Å². The van der Waals surface area contributed by atoms with Crippen LogP contribution in [0.3, 0.4) is 0 Å². The molecule has 0 aromatic heterocycles. The highest BCUT2D eigenvalue weighted by Crippen LogP contribution is 2.36. The summed E-state index contributed by atoms with van der Waals surface area (Å²) in [7, 11) is 0. The van der Waals surface area contributed by atoms with Crippen LogP contribution < -0.4 is 5.32 Å². The number of hydrogen-bond acceptors (Lipinski definition) is 3. The van der Waals surface area contributed by atoms with Gasteiger partial charge < -0.3 is 14.8 Å². The zero-order valence-electron chi connectivity index (χ0n) is 11.9. The minimum absolute atomic E-state index is 0.0135. The first-order chi connectivity index (χ1) is 8.14. The highest BCUT2D eigenvalue weighted by molar-refractivity contribution is 4.97. The van der Waals surface area contributed by atoms with E-state index in [4.69, 9.17) is 9.47 Å². The maximum Gasteiger partial charge on any atom is 0.0857 e. The molecule has 1 aliphatic rings. The van der Waals surface area contributed by atoms with E-state index in [2.05, 4.69) is 33.0 Å². The van der Waals surface area contributed by atoms with Crippen molar-refractivity contribution in [3.05, 3.63) is 0 Å². The molecule has 1 atom stereocenters. The van der Waals surface area contributed by atoms with Gasteiger partial charge in [-0.25, -0.2) is 0 Å². The minimum atomic E-state index is 0.0135. The number of likely N-dealkylation sites (N-methyl/N-ethyl adjacent to an activating group) is 1. The molecule has 3 nitrogen and oxygen atoms in total. The van der Waals surface area contributed by atoms with Gasteiger partial charge in [-0.3, -0.25) is 0 Å². The molecule has 1 rings (SSSR count). The molecule has 0 saturated heterocycles. The molecular formula is C14H29NO2. The van der Waals surface area contributed by atoms with Crippen LogP contribution in [0, 0.1) is 0 Å². The summed E-state index contributed by atoms with van der Waals surface area (Å²) in [6.07, 6.45) is 5.18. The summed E-state index contributed by atoms with van der Waals surface area (Å²) >= 11 is 0. The summed E-state index contributed by atoms with van der Waals surface area (Å²) in [5.74, 6) is 0. The van der Waals surface area contributed by atoms with E-state index in [0.29, 0.717) is 6.04 Å². The molecule has 1 unspecified atom stereocenters. The number of ether oxygens (including phenoxy) is 2. The van der Waals surface area contributed by atoms with E-state index in [1.165, 1.54) is 25.7 Å². The quantitative estimate of drug-likeness (QED) is 0.711. The zero-order chi connectivity index (χ0) is 12.7. The smallest absolute Gasteiger partial charge is 0.0857 e. The largest absolute Gasteiger partial charge is 0.377 e. The third-order valence-electron chi connectivity index (χ3n) is 3.56. The molecule has 0 aromatic rings. The fourth-order valence-electron chi connectivity index (χ4n) is 2.79. The van der Waals surface area contributed by atoms with Gasteiger partial charge in [-0.1, -0.05) is 19.8 Å². The topological polar surface area (TPSA) is 30.5 Å². The Morgan fingerprint density at radius 2 is 1.82 bits per heavy atom. The first kappa shape index (κ1) is 14.9. The van der Waals surface area contributed by atoms with Gasteiger partial charge in [0.1, 0.15) is 0 Å². The number of rotatable bonds is 8. The van der Waals surface area contributed by atoms with Crippen LogP contribution >= 0.6 is 0 Å². The number of hydrogen-bond donors (Lipinski definition) is 1. The van der Waals surface area contributed by atoms with E-state index in [9.17, 15) is 0 Å². The second-order valence-electron chi connectivity index (χ2n) is 5.20. The average Bonchev–Trinajstić information content (AvgIpc) is 2.74. The van der Waals surface area contributed by atoms with Gasteiger partial charge in [-0.15, -0.1) is 0 Å². The molecule has 3 heteroatoms. The highest BCUT2D eigenvalue weighted by atomic mass is 16.5. The Kier molecular flexibility index (Phi) is 6.45. The lowest BCUT2D eigenvalue weighted by molar-refractivity contribution is -0.0857. The van der Waals surface area contributed by atoms with Gasteiger partial charge in [-0.05, 0) is 40.2 Å². The molecule has 102 valence electrons. The van der Waals surface area contributed by atoms with Crippen molar-refractivity contribution in [2.45, 2.75) is 71.1 Å². The molecule has 1 N–H and O–H groups in total. The average molecular weight is 243 g/mol. The van der Waals surface area contributed by atoms with E-state index in [0.717, 1.165) is 19.8 Å². The van der Waals surface area contributed by atoms with Gasteiger partial charge in [0.05, 0.1) is 24.4 Å². The third-order valence-corrected chi connectivity index (χ3v) is 3.56. The SMILES string of the molecule is CCNC(COC(C)C)C1(OCC)CCCC1. The lowest BCUT2D eigenvalue weighted by Crippen LogP contribution is -2.53. The van der Waals surface area contributed by atoms with Crippen LogP contribution in [0.2, 0.25) is 0 Å². The maximum absolute atomic E-state index is 6.09. The molecule has 0 heterocycles. The van der Waals surface area contributed by atoms with Gasteiger partial charge in [-0.2, -0.15) is 0 Å². The van der Waals surface area contributed by atoms with Gasteiger partial charge in [0.25, 0.3) is 0 Å². The van der Waals surface area contributed by atoms with Crippen molar-refractivity contribution in [2.24, 2.45) is 0 Å². The molecule has 0 spiro atoms. The van der Waals surface area contributed by atoms with Gasteiger partial charge in [0, 0.05) is 6.61 Å². The van der Waals surface area contributed by atoms with E-state index in [1.807, 2.05) is 0 Å². The lowest BCUT2D eigenvalue weighted by atomic mass is 9.92. The molecule has 0 radical (unpaired) electrons. The fourth-order valence-corrected chi connectivity index (χ4v) is 2.79. The molecule has 1 aliphatic carbocycles. The van der Waals surface area contributed by atoms with Crippen molar-refractivity contribution in [2.75, 3.05) is 19.8 Å². The van der Waals surface area contributed by atoms with E-state index < -0.39 is 0 Å². The maximum atomic E-state index is 6.09. The van der Waals surface area contributed by atoms with Crippen molar-refractivity contribution in [1.82, 2.24) is 5.32 Å². The molecule has 0 bridgehead atoms. The fraction of sp³-hybridized carbons (Fsp3) is 1.00. The Morgan fingerprint density at radius 3 is 2.29 bits per heavy atom. The summed E-state index contributed by atoms with van der Waals surface area (Å²) in [4.78, 5) is 0. The van der Waals surface area contributed by atoms with Crippen LogP contribution in [-0.4, -0.2) is 37.5 Å². The standard InChI is InChI=1S/C14H29NO2/c1-5-15-13(11-16-12(3)4)14(17-6-2)9-7-8-10-14/h12-13,15H,5-11H2,1-4H3. The Morgan fingerprint density at radius 1 is 1.18 bits per heavy atom. The van der Waals surface area contributed by atoms with Crippen molar-refractivity contribution in [1.29, 1.82) is 0 Å². The van der Waals surface area contributed by atoms with Crippen molar-refractivity contribution in [3.8, 4) is 0 Å². The second-order valence-corrected chi connectivity index (χ2v) is 5.20.